The van der Waals surface area contributed by atoms with Crippen LogP contribution in [0.4, 0.5) is 0 Å². The van der Waals surface area contributed by atoms with Gasteiger partial charge in [-0.15, -0.1) is 0 Å². The first-order chi connectivity index (χ1) is 7.67. The smallest absolute Gasteiger partial charge is 0.223 e. The van der Waals surface area contributed by atoms with E-state index in [1.807, 2.05) is 0 Å². The minimum Gasteiger partial charge on any atom is -0.353 e. The Hall–Kier alpha value is -0.570. The summed E-state index contributed by atoms with van der Waals surface area (Å²) < 4.78 is 0. The second-order valence-corrected chi connectivity index (χ2v) is 5.16. The molecule has 1 fully saturated rings. The Morgan fingerprint density at radius 1 is 1.50 bits per heavy atom. The van der Waals surface area contributed by atoms with Gasteiger partial charge in [0.05, 0.1) is 0 Å². The highest BCUT2D eigenvalue weighted by molar-refractivity contribution is 5.79. The lowest BCUT2D eigenvalue weighted by Gasteiger charge is -2.28. The summed E-state index contributed by atoms with van der Waals surface area (Å²) in [5.41, 5.74) is 5.68. The molecule has 16 heavy (non-hydrogen) atoms. The van der Waals surface area contributed by atoms with Crippen molar-refractivity contribution in [3.63, 3.8) is 0 Å². The van der Waals surface area contributed by atoms with E-state index in [0.717, 1.165) is 38.6 Å². The van der Waals surface area contributed by atoms with Crippen molar-refractivity contribution in [1.82, 2.24) is 5.32 Å². The molecule has 3 atom stereocenters. The third-order valence-electron chi connectivity index (χ3n) is 3.60. The zero-order chi connectivity index (χ0) is 12.0. The molecule has 0 radical (unpaired) electrons. The van der Waals surface area contributed by atoms with Crippen molar-refractivity contribution in [2.75, 3.05) is 6.54 Å². The Kier molecular flexibility index (Phi) is 5.81. The molecule has 0 heterocycles. The van der Waals surface area contributed by atoms with Gasteiger partial charge in [-0.2, -0.15) is 0 Å². The second kappa shape index (κ2) is 6.89. The lowest BCUT2D eigenvalue weighted by molar-refractivity contribution is -0.127. The average Bonchev–Trinajstić information content (AvgIpc) is 2.29. The Morgan fingerprint density at radius 2 is 2.25 bits per heavy atom. The Bertz CT molecular complexity index is 218. The van der Waals surface area contributed by atoms with Crippen LogP contribution in [-0.4, -0.2) is 18.5 Å². The number of hydrogen-bond donors (Lipinski definition) is 2. The summed E-state index contributed by atoms with van der Waals surface area (Å²) >= 11 is 0. The molecule has 94 valence electrons. The largest absolute Gasteiger partial charge is 0.353 e. The first kappa shape index (κ1) is 13.5. The molecule has 1 amide bonds. The molecule has 1 aliphatic carbocycles. The van der Waals surface area contributed by atoms with Crippen molar-refractivity contribution in [2.24, 2.45) is 17.6 Å². The first-order valence-corrected chi connectivity index (χ1v) is 6.67. The molecule has 3 N–H and O–H groups in total. The van der Waals surface area contributed by atoms with Crippen molar-refractivity contribution < 1.29 is 4.79 Å². The molecule has 0 aliphatic heterocycles. The predicted octanol–water partition coefficient (Wildman–Crippen LogP) is 2.06. The molecule has 3 unspecified atom stereocenters. The van der Waals surface area contributed by atoms with Gasteiger partial charge in [-0.05, 0) is 45.1 Å². The molecular weight excluding hydrogens is 200 g/mol. The monoisotopic (exact) mass is 226 g/mol. The van der Waals surface area contributed by atoms with Crippen LogP contribution in [0.1, 0.15) is 52.4 Å². The predicted molar refractivity (Wildman–Crippen MR) is 67.0 cm³/mol. The maximum absolute atomic E-state index is 12.0. The van der Waals surface area contributed by atoms with Gasteiger partial charge in [-0.3, -0.25) is 4.79 Å². The van der Waals surface area contributed by atoms with E-state index in [4.69, 9.17) is 5.73 Å². The van der Waals surface area contributed by atoms with Crippen molar-refractivity contribution >= 4 is 5.91 Å². The number of carbonyl (C=O) groups is 1. The van der Waals surface area contributed by atoms with E-state index in [9.17, 15) is 4.79 Å². The van der Waals surface area contributed by atoms with Crippen molar-refractivity contribution in [2.45, 2.75) is 58.4 Å². The summed E-state index contributed by atoms with van der Waals surface area (Å²) in [4.78, 5) is 12.0. The number of amides is 1. The van der Waals surface area contributed by atoms with Crippen LogP contribution in [0.15, 0.2) is 0 Å². The summed E-state index contributed by atoms with van der Waals surface area (Å²) in [5.74, 6) is 1.02. The quantitative estimate of drug-likeness (QED) is 0.754. The number of hydrogen-bond acceptors (Lipinski definition) is 2. The van der Waals surface area contributed by atoms with E-state index in [2.05, 4.69) is 19.2 Å². The fourth-order valence-corrected chi connectivity index (χ4v) is 2.61. The minimum absolute atomic E-state index is 0.210. The molecule has 0 aromatic heterocycles. The molecule has 0 spiro atoms. The van der Waals surface area contributed by atoms with Gasteiger partial charge in [0.15, 0.2) is 0 Å². The Labute approximate surface area is 99.2 Å². The van der Waals surface area contributed by atoms with E-state index in [1.54, 1.807) is 0 Å². The highest BCUT2D eigenvalue weighted by Crippen LogP contribution is 2.28. The van der Waals surface area contributed by atoms with Crippen molar-refractivity contribution in [1.29, 1.82) is 0 Å². The lowest BCUT2D eigenvalue weighted by atomic mass is 9.81. The number of rotatable bonds is 5. The average molecular weight is 226 g/mol. The van der Waals surface area contributed by atoms with E-state index in [0.29, 0.717) is 12.0 Å². The summed E-state index contributed by atoms with van der Waals surface area (Å²) in [6.07, 6.45) is 6.57. The van der Waals surface area contributed by atoms with Gasteiger partial charge in [0, 0.05) is 12.0 Å². The zero-order valence-electron chi connectivity index (χ0n) is 10.7. The van der Waals surface area contributed by atoms with E-state index >= 15 is 0 Å². The number of nitrogens with two attached hydrogens (primary N) is 1. The molecule has 0 bridgehead atoms. The zero-order valence-corrected chi connectivity index (χ0v) is 10.7. The first-order valence-electron chi connectivity index (χ1n) is 6.67. The van der Waals surface area contributed by atoms with Gasteiger partial charge in [0.2, 0.25) is 5.91 Å². The minimum atomic E-state index is 0.210. The lowest BCUT2D eigenvalue weighted by Crippen LogP contribution is -2.39. The molecule has 3 heteroatoms. The van der Waals surface area contributed by atoms with Crippen LogP contribution in [0, 0.1) is 11.8 Å². The van der Waals surface area contributed by atoms with Gasteiger partial charge in [-0.25, -0.2) is 0 Å². The molecule has 1 saturated carbocycles. The maximum atomic E-state index is 12.0. The number of carbonyl (C=O) groups excluding carboxylic acids is 1. The highest BCUT2D eigenvalue weighted by atomic mass is 16.1. The molecule has 3 nitrogen and oxygen atoms in total. The van der Waals surface area contributed by atoms with Crippen LogP contribution < -0.4 is 11.1 Å². The van der Waals surface area contributed by atoms with Gasteiger partial charge < -0.3 is 11.1 Å². The van der Waals surface area contributed by atoms with Gasteiger partial charge in [0.1, 0.15) is 0 Å². The van der Waals surface area contributed by atoms with Crippen LogP contribution in [0.5, 0.6) is 0 Å². The second-order valence-electron chi connectivity index (χ2n) is 5.16. The Balaban J connectivity index is 2.35. The van der Waals surface area contributed by atoms with E-state index < -0.39 is 0 Å². The van der Waals surface area contributed by atoms with E-state index in [1.165, 1.54) is 6.42 Å². The molecule has 1 rings (SSSR count). The molecular formula is C13H26N2O. The third-order valence-corrected chi connectivity index (χ3v) is 3.60. The maximum Gasteiger partial charge on any atom is 0.223 e. The molecule has 0 saturated heterocycles. The third kappa shape index (κ3) is 4.12. The summed E-state index contributed by atoms with van der Waals surface area (Å²) in [6, 6.07) is 0.316. The van der Waals surface area contributed by atoms with Crippen LogP contribution in [0.2, 0.25) is 0 Å². The SMILES string of the molecule is CCCC(C)NC(=O)C1CCCC(CN)C1. The van der Waals surface area contributed by atoms with Gasteiger partial charge in [0.25, 0.3) is 0 Å². The molecule has 0 aromatic carbocycles. The fraction of sp³-hybridized carbons (Fsp3) is 0.923. The van der Waals surface area contributed by atoms with Crippen LogP contribution in [0.3, 0.4) is 0 Å². The summed E-state index contributed by atoms with van der Waals surface area (Å²) in [5, 5.41) is 3.12. The van der Waals surface area contributed by atoms with Gasteiger partial charge >= 0.3 is 0 Å². The summed E-state index contributed by atoms with van der Waals surface area (Å²) in [6.45, 7) is 4.96. The van der Waals surface area contributed by atoms with Crippen LogP contribution >= 0.6 is 0 Å². The van der Waals surface area contributed by atoms with E-state index in [-0.39, 0.29) is 11.8 Å². The van der Waals surface area contributed by atoms with Crippen molar-refractivity contribution in [3.8, 4) is 0 Å². The molecule has 0 aromatic rings. The van der Waals surface area contributed by atoms with Crippen LogP contribution in [0.25, 0.3) is 0 Å². The summed E-state index contributed by atoms with van der Waals surface area (Å²) in [7, 11) is 0. The Morgan fingerprint density at radius 3 is 2.88 bits per heavy atom. The standard InChI is InChI=1S/C13H26N2O/c1-3-5-10(2)15-13(16)12-7-4-6-11(8-12)9-14/h10-12H,3-9,14H2,1-2H3,(H,15,16). The highest BCUT2D eigenvalue weighted by Gasteiger charge is 2.26. The van der Waals surface area contributed by atoms with Gasteiger partial charge in [-0.1, -0.05) is 19.8 Å². The normalized spacial score (nSPS) is 27.4. The van der Waals surface area contributed by atoms with Crippen LogP contribution in [-0.2, 0) is 4.79 Å². The topological polar surface area (TPSA) is 55.1 Å². The fourth-order valence-electron chi connectivity index (χ4n) is 2.61. The molecule has 1 aliphatic rings. The van der Waals surface area contributed by atoms with Crippen molar-refractivity contribution in [3.05, 3.63) is 0 Å². The number of nitrogens with one attached hydrogen (secondary N) is 1.